The zero-order chi connectivity index (χ0) is 12.3. The smallest absolute Gasteiger partial charge is 0.244 e. The zero-order valence-corrected chi connectivity index (χ0v) is 12.6. The Morgan fingerprint density at radius 2 is 1.89 bits per heavy atom. The molecule has 0 aromatic carbocycles. The molecule has 0 radical (unpaired) electrons. The number of hydrogen-bond acceptors (Lipinski definition) is 3. The molecule has 0 spiro atoms. The van der Waals surface area contributed by atoms with Gasteiger partial charge in [-0.2, -0.15) is 0 Å². The molecule has 1 aromatic heterocycles. The number of halogens is 2. The summed E-state index contributed by atoms with van der Waals surface area (Å²) in [5.74, 6) is -0.0791. The number of nitrogens with two attached hydrogens (primary N) is 1. The van der Waals surface area contributed by atoms with Crippen molar-refractivity contribution in [2.75, 3.05) is 5.32 Å². The van der Waals surface area contributed by atoms with Gasteiger partial charge in [0.25, 0.3) is 0 Å². The van der Waals surface area contributed by atoms with E-state index in [1.54, 1.807) is 12.4 Å². The van der Waals surface area contributed by atoms with Crippen molar-refractivity contribution >= 4 is 36.4 Å². The van der Waals surface area contributed by atoms with E-state index in [9.17, 15) is 4.79 Å². The van der Waals surface area contributed by atoms with Crippen LogP contribution in [0.3, 0.4) is 0 Å². The molecule has 1 heterocycles. The van der Waals surface area contributed by atoms with Gasteiger partial charge >= 0.3 is 0 Å². The number of nitrogens with zero attached hydrogens (tertiary/aromatic N) is 1. The fraction of sp³-hybridized carbons (Fsp3) is 0.538. The van der Waals surface area contributed by atoms with Crippen LogP contribution in [0.25, 0.3) is 0 Å². The first-order valence-corrected chi connectivity index (χ1v) is 6.12. The van der Waals surface area contributed by atoms with Gasteiger partial charge in [0.05, 0.1) is 17.4 Å². The summed E-state index contributed by atoms with van der Waals surface area (Å²) in [6, 6.07) is 1.90. The van der Waals surface area contributed by atoms with E-state index in [2.05, 4.69) is 10.3 Å². The maximum Gasteiger partial charge on any atom is 0.244 e. The molecule has 1 aromatic rings. The Hall–Kier alpha value is -0.840. The standard InChI is InChI=1S/C13H19N3O.2ClH/c1-10-7-11(9-15-8-10)16-12(17)13(14)5-3-2-4-6-13;;/h7-9H,2-6,14H2,1H3,(H,16,17);2*1H. The number of aryl methyl sites for hydroxylation is 1. The Bertz CT molecular complexity index is 420. The van der Waals surface area contributed by atoms with Gasteiger partial charge in [-0.3, -0.25) is 9.78 Å². The van der Waals surface area contributed by atoms with E-state index in [0.717, 1.165) is 36.9 Å². The number of aromatic nitrogens is 1. The largest absolute Gasteiger partial charge is 0.323 e. The Morgan fingerprint density at radius 1 is 1.26 bits per heavy atom. The number of pyridine rings is 1. The van der Waals surface area contributed by atoms with Gasteiger partial charge < -0.3 is 11.1 Å². The third kappa shape index (κ3) is 4.64. The lowest BCUT2D eigenvalue weighted by molar-refractivity contribution is -0.122. The second-order valence-electron chi connectivity index (χ2n) is 4.92. The highest BCUT2D eigenvalue weighted by Gasteiger charge is 2.35. The van der Waals surface area contributed by atoms with Crippen LogP contribution in [0.15, 0.2) is 18.5 Å². The number of carbonyl (C=O) groups excluding carboxylic acids is 1. The highest BCUT2D eigenvalue weighted by atomic mass is 35.5. The Labute approximate surface area is 126 Å². The fourth-order valence-electron chi connectivity index (χ4n) is 2.29. The predicted octanol–water partition coefficient (Wildman–Crippen LogP) is 2.83. The van der Waals surface area contributed by atoms with E-state index in [-0.39, 0.29) is 30.7 Å². The molecule has 0 bridgehead atoms. The fourth-order valence-corrected chi connectivity index (χ4v) is 2.29. The first kappa shape index (κ1) is 18.2. The van der Waals surface area contributed by atoms with Crippen LogP contribution < -0.4 is 11.1 Å². The molecule has 1 saturated carbocycles. The molecular weight excluding hydrogens is 285 g/mol. The quantitative estimate of drug-likeness (QED) is 0.883. The van der Waals surface area contributed by atoms with Crippen LogP contribution in [0.4, 0.5) is 5.69 Å². The van der Waals surface area contributed by atoms with Crippen molar-refractivity contribution in [1.82, 2.24) is 4.98 Å². The summed E-state index contributed by atoms with van der Waals surface area (Å²) in [6.07, 6.45) is 8.21. The van der Waals surface area contributed by atoms with Crippen molar-refractivity contribution in [3.05, 3.63) is 24.0 Å². The van der Waals surface area contributed by atoms with Gasteiger partial charge in [0.1, 0.15) is 0 Å². The monoisotopic (exact) mass is 305 g/mol. The molecule has 1 aliphatic rings. The van der Waals surface area contributed by atoms with Crippen LogP contribution in [-0.2, 0) is 4.79 Å². The van der Waals surface area contributed by atoms with Crippen molar-refractivity contribution in [3.63, 3.8) is 0 Å². The van der Waals surface area contributed by atoms with Crippen LogP contribution in [0.2, 0.25) is 0 Å². The van der Waals surface area contributed by atoms with E-state index in [0.29, 0.717) is 0 Å². The van der Waals surface area contributed by atoms with E-state index in [4.69, 9.17) is 5.73 Å². The second kappa shape index (κ2) is 7.68. The molecule has 1 aliphatic carbocycles. The maximum atomic E-state index is 12.1. The van der Waals surface area contributed by atoms with Crippen LogP contribution in [0.5, 0.6) is 0 Å². The lowest BCUT2D eigenvalue weighted by Gasteiger charge is -2.31. The molecule has 1 fully saturated rings. The molecule has 1 amide bonds. The number of nitrogens with one attached hydrogen (secondary N) is 1. The van der Waals surface area contributed by atoms with Crippen molar-refractivity contribution in [1.29, 1.82) is 0 Å². The molecule has 0 saturated heterocycles. The summed E-state index contributed by atoms with van der Waals surface area (Å²) < 4.78 is 0. The predicted molar refractivity (Wildman–Crippen MR) is 82.1 cm³/mol. The van der Waals surface area contributed by atoms with Gasteiger partial charge in [0, 0.05) is 6.20 Å². The van der Waals surface area contributed by atoms with Crippen molar-refractivity contribution in [2.45, 2.75) is 44.6 Å². The molecule has 108 valence electrons. The minimum Gasteiger partial charge on any atom is -0.323 e. The zero-order valence-electron chi connectivity index (χ0n) is 11.0. The minimum absolute atomic E-state index is 0. The molecule has 6 heteroatoms. The molecule has 4 nitrogen and oxygen atoms in total. The molecule has 0 unspecified atom stereocenters. The number of amides is 1. The summed E-state index contributed by atoms with van der Waals surface area (Å²) >= 11 is 0. The third-order valence-corrected chi connectivity index (χ3v) is 3.33. The van der Waals surface area contributed by atoms with Crippen molar-refractivity contribution < 1.29 is 4.79 Å². The minimum atomic E-state index is -0.692. The van der Waals surface area contributed by atoms with Crippen LogP contribution in [0, 0.1) is 6.92 Å². The van der Waals surface area contributed by atoms with Crippen LogP contribution in [0.1, 0.15) is 37.7 Å². The van der Waals surface area contributed by atoms with E-state index in [1.165, 1.54) is 6.42 Å². The first-order chi connectivity index (χ1) is 8.10. The summed E-state index contributed by atoms with van der Waals surface area (Å²) in [7, 11) is 0. The van der Waals surface area contributed by atoms with Gasteiger partial charge in [-0.05, 0) is 31.4 Å². The molecule has 3 N–H and O–H groups in total. The van der Waals surface area contributed by atoms with Gasteiger partial charge in [0.15, 0.2) is 0 Å². The Morgan fingerprint density at radius 3 is 2.47 bits per heavy atom. The lowest BCUT2D eigenvalue weighted by Crippen LogP contribution is -2.52. The lowest BCUT2D eigenvalue weighted by atomic mass is 9.82. The normalized spacial score (nSPS) is 16.7. The number of hydrogen-bond donors (Lipinski definition) is 2. The van der Waals surface area contributed by atoms with Crippen molar-refractivity contribution in [3.8, 4) is 0 Å². The number of rotatable bonds is 2. The molecule has 19 heavy (non-hydrogen) atoms. The molecule has 0 aliphatic heterocycles. The summed E-state index contributed by atoms with van der Waals surface area (Å²) in [6.45, 7) is 1.95. The van der Waals surface area contributed by atoms with E-state index < -0.39 is 5.54 Å². The molecular formula is C13H21Cl2N3O. The van der Waals surface area contributed by atoms with Crippen LogP contribution >= 0.6 is 24.8 Å². The Balaban J connectivity index is 0.00000162. The average Bonchev–Trinajstić information content (AvgIpc) is 2.30. The highest BCUT2D eigenvalue weighted by Crippen LogP contribution is 2.27. The number of carbonyl (C=O) groups is 1. The van der Waals surface area contributed by atoms with Crippen molar-refractivity contribution in [2.24, 2.45) is 5.73 Å². The third-order valence-electron chi connectivity index (χ3n) is 3.33. The Kier molecular flexibility index (Phi) is 7.34. The van der Waals surface area contributed by atoms with E-state index >= 15 is 0 Å². The van der Waals surface area contributed by atoms with Gasteiger partial charge in [-0.1, -0.05) is 19.3 Å². The average molecular weight is 306 g/mol. The van der Waals surface area contributed by atoms with Gasteiger partial charge in [0.2, 0.25) is 5.91 Å². The summed E-state index contributed by atoms with van der Waals surface area (Å²) in [5.41, 5.74) is 7.22. The van der Waals surface area contributed by atoms with E-state index in [1.807, 2.05) is 13.0 Å². The molecule has 0 atom stereocenters. The molecule has 2 rings (SSSR count). The SMILES string of the molecule is Cc1cncc(NC(=O)C2(N)CCCCC2)c1.Cl.Cl. The second-order valence-corrected chi connectivity index (χ2v) is 4.92. The van der Waals surface area contributed by atoms with Crippen LogP contribution in [-0.4, -0.2) is 16.4 Å². The first-order valence-electron chi connectivity index (χ1n) is 6.12. The summed E-state index contributed by atoms with van der Waals surface area (Å²) in [4.78, 5) is 16.2. The van der Waals surface area contributed by atoms with Gasteiger partial charge in [-0.15, -0.1) is 24.8 Å². The maximum absolute atomic E-state index is 12.1. The number of anilines is 1. The topological polar surface area (TPSA) is 68.0 Å². The highest BCUT2D eigenvalue weighted by molar-refractivity contribution is 5.97. The van der Waals surface area contributed by atoms with Gasteiger partial charge in [-0.25, -0.2) is 0 Å². The summed E-state index contributed by atoms with van der Waals surface area (Å²) in [5, 5.41) is 2.87.